The Morgan fingerprint density at radius 2 is 2.12 bits per heavy atom. The van der Waals surface area contributed by atoms with Gasteiger partial charge in [0.2, 0.25) is 0 Å². The SMILES string of the molecule is CCNC(=NCc1cccc(Cn2cncn2)c1)NCCc1cccs1. The van der Waals surface area contributed by atoms with Crippen molar-refractivity contribution in [2.75, 3.05) is 13.1 Å². The Hall–Kier alpha value is -2.67. The van der Waals surface area contributed by atoms with Crippen molar-refractivity contribution in [3.05, 3.63) is 70.4 Å². The average Bonchev–Trinajstić information content (AvgIpc) is 3.34. The quantitative estimate of drug-likeness (QED) is 0.474. The number of aliphatic imine (C=N–C) groups is 1. The third-order valence-corrected chi connectivity index (χ3v) is 4.75. The first-order valence-corrected chi connectivity index (χ1v) is 9.66. The highest BCUT2D eigenvalue weighted by Gasteiger charge is 2.01. The van der Waals surface area contributed by atoms with Crippen LogP contribution < -0.4 is 10.6 Å². The third kappa shape index (κ3) is 5.70. The topological polar surface area (TPSA) is 67.1 Å². The van der Waals surface area contributed by atoms with Crippen LogP contribution in [0.25, 0.3) is 0 Å². The number of guanidine groups is 1. The molecule has 0 aliphatic carbocycles. The van der Waals surface area contributed by atoms with Gasteiger partial charge < -0.3 is 10.6 Å². The van der Waals surface area contributed by atoms with E-state index in [2.05, 4.69) is 69.4 Å². The van der Waals surface area contributed by atoms with Crippen LogP contribution in [-0.2, 0) is 19.5 Å². The van der Waals surface area contributed by atoms with Crippen LogP contribution in [0.2, 0.25) is 0 Å². The first-order valence-electron chi connectivity index (χ1n) is 8.78. The van der Waals surface area contributed by atoms with Crippen molar-refractivity contribution in [1.82, 2.24) is 25.4 Å². The minimum absolute atomic E-state index is 0.638. The van der Waals surface area contributed by atoms with Gasteiger partial charge in [0, 0.05) is 18.0 Å². The molecule has 1 aromatic carbocycles. The molecule has 26 heavy (non-hydrogen) atoms. The summed E-state index contributed by atoms with van der Waals surface area (Å²) < 4.78 is 1.82. The van der Waals surface area contributed by atoms with Crippen molar-refractivity contribution < 1.29 is 0 Å². The highest BCUT2D eigenvalue weighted by Crippen LogP contribution is 2.09. The molecule has 0 unspecified atom stereocenters. The molecule has 0 radical (unpaired) electrons. The molecular formula is C19H24N6S. The highest BCUT2D eigenvalue weighted by atomic mass is 32.1. The molecule has 0 bridgehead atoms. The summed E-state index contributed by atoms with van der Waals surface area (Å²) in [6.45, 7) is 5.15. The van der Waals surface area contributed by atoms with E-state index in [1.54, 1.807) is 24.0 Å². The van der Waals surface area contributed by atoms with Crippen LogP contribution in [0, 0.1) is 0 Å². The first-order chi connectivity index (χ1) is 12.8. The largest absolute Gasteiger partial charge is 0.357 e. The Morgan fingerprint density at radius 1 is 1.19 bits per heavy atom. The van der Waals surface area contributed by atoms with Crippen LogP contribution in [0.3, 0.4) is 0 Å². The van der Waals surface area contributed by atoms with Crippen LogP contribution in [0.15, 0.2) is 59.4 Å². The van der Waals surface area contributed by atoms with E-state index in [4.69, 9.17) is 4.99 Å². The third-order valence-electron chi connectivity index (χ3n) is 3.81. The zero-order valence-corrected chi connectivity index (χ0v) is 15.7. The van der Waals surface area contributed by atoms with Gasteiger partial charge >= 0.3 is 0 Å². The van der Waals surface area contributed by atoms with E-state index in [1.165, 1.54) is 16.0 Å². The van der Waals surface area contributed by atoms with E-state index < -0.39 is 0 Å². The normalized spacial score (nSPS) is 11.5. The maximum Gasteiger partial charge on any atom is 0.191 e. The lowest BCUT2D eigenvalue weighted by Crippen LogP contribution is -2.38. The Morgan fingerprint density at radius 3 is 2.88 bits per heavy atom. The second-order valence-electron chi connectivity index (χ2n) is 5.86. The zero-order valence-electron chi connectivity index (χ0n) is 14.9. The number of rotatable bonds is 8. The van der Waals surface area contributed by atoms with E-state index in [9.17, 15) is 0 Å². The molecule has 0 aliphatic rings. The van der Waals surface area contributed by atoms with Crippen molar-refractivity contribution in [3.8, 4) is 0 Å². The van der Waals surface area contributed by atoms with Crippen molar-refractivity contribution in [3.63, 3.8) is 0 Å². The minimum atomic E-state index is 0.638. The summed E-state index contributed by atoms with van der Waals surface area (Å²) in [4.78, 5) is 10.1. The van der Waals surface area contributed by atoms with Gasteiger partial charge in [0.15, 0.2) is 5.96 Å². The summed E-state index contributed by atoms with van der Waals surface area (Å²) >= 11 is 1.79. The Labute approximate surface area is 158 Å². The number of hydrogen-bond acceptors (Lipinski definition) is 4. The van der Waals surface area contributed by atoms with E-state index in [0.29, 0.717) is 6.54 Å². The molecule has 2 N–H and O–H groups in total. The summed E-state index contributed by atoms with van der Waals surface area (Å²) in [5.41, 5.74) is 2.37. The number of thiophene rings is 1. The predicted molar refractivity (Wildman–Crippen MR) is 106 cm³/mol. The lowest BCUT2D eigenvalue weighted by Gasteiger charge is -2.11. The van der Waals surface area contributed by atoms with Gasteiger partial charge in [-0.2, -0.15) is 5.10 Å². The molecule has 3 rings (SSSR count). The van der Waals surface area contributed by atoms with Crippen molar-refractivity contribution in [2.45, 2.75) is 26.4 Å². The summed E-state index contributed by atoms with van der Waals surface area (Å²) in [5, 5.41) is 13.0. The molecule has 0 amide bonds. The van der Waals surface area contributed by atoms with Crippen LogP contribution in [0.1, 0.15) is 22.9 Å². The number of nitrogens with one attached hydrogen (secondary N) is 2. The second kappa shape index (κ2) is 9.72. The molecule has 3 aromatic rings. The molecule has 136 valence electrons. The number of nitrogens with zero attached hydrogens (tertiary/aromatic N) is 4. The average molecular weight is 369 g/mol. The number of benzene rings is 1. The standard InChI is InChI=1S/C19H24N6S/c1-2-21-19(22-9-8-18-7-4-10-26-18)23-12-16-5-3-6-17(11-16)13-25-15-20-14-24-25/h3-7,10-11,14-15H,2,8-9,12-13H2,1H3,(H2,21,22,23). The highest BCUT2D eigenvalue weighted by molar-refractivity contribution is 7.09. The van der Waals surface area contributed by atoms with Crippen molar-refractivity contribution >= 4 is 17.3 Å². The first kappa shape index (κ1) is 18.1. The maximum absolute atomic E-state index is 4.70. The summed E-state index contributed by atoms with van der Waals surface area (Å²) in [6.07, 6.45) is 4.29. The van der Waals surface area contributed by atoms with Crippen LogP contribution in [0.4, 0.5) is 0 Å². The number of hydrogen-bond donors (Lipinski definition) is 2. The van der Waals surface area contributed by atoms with E-state index in [-0.39, 0.29) is 0 Å². The predicted octanol–water partition coefficient (Wildman–Crippen LogP) is 2.69. The fourth-order valence-electron chi connectivity index (χ4n) is 2.60. The molecule has 7 heteroatoms. The van der Waals surface area contributed by atoms with Gasteiger partial charge in [0.1, 0.15) is 12.7 Å². The van der Waals surface area contributed by atoms with E-state index in [0.717, 1.165) is 32.0 Å². The minimum Gasteiger partial charge on any atom is -0.357 e. The van der Waals surface area contributed by atoms with Gasteiger partial charge in [-0.1, -0.05) is 30.3 Å². The van der Waals surface area contributed by atoms with Crippen molar-refractivity contribution in [1.29, 1.82) is 0 Å². The Kier molecular flexibility index (Phi) is 6.78. The van der Waals surface area contributed by atoms with Gasteiger partial charge in [0.05, 0.1) is 13.1 Å². The molecule has 0 aliphatic heterocycles. The molecule has 0 atom stereocenters. The molecule has 6 nitrogen and oxygen atoms in total. The molecular weight excluding hydrogens is 344 g/mol. The molecule has 0 saturated heterocycles. The fourth-order valence-corrected chi connectivity index (χ4v) is 3.31. The fraction of sp³-hybridized carbons (Fsp3) is 0.316. The van der Waals surface area contributed by atoms with Gasteiger partial charge in [-0.05, 0) is 35.9 Å². The summed E-state index contributed by atoms with van der Waals surface area (Å²) in [7, 11) is 0. The second-order valence-corrected chi connectivity index (χ2v) is 6.90. The zero-order chi connectivity index (χ0) is 18.0. The molecule has 0 fully saturated rings. The maximum atomic E-state index is 4.70. The van der Waals surface area contributed by atoms with Crippen molar-refractivity contribution in [2.24, 2.45) is 4.99 Å². The summed E-state index contributed by atoms with van der Waals surface area (Å²) in [6, 6.07) is 12.7. The van der Waals surface area contributed by atoms with Crippen LogP contribution in [-0.4, -0.2) is 33.8 Å². The lowest BCUT2D eigenvalue weighted by atomic mass is 10.1. The van der Waals surface area contributed by atoms with E-state index in [1.807, 2.05) is 4.68 Å². The smallest absolute Gasteiger partial charge is 0.191 e. The number of aromatic nitrogens is 3. The van der Waals surface area contributed by atoms with Gasteiger partial charge in [0.25, 0.3) is 0 Å². The van der Waals surface area contributed by atoms with Crippen LogP contribution in [0.5, 0.6) is 0 Å². The van der Waals surface area contributed by atoms with E-state index >= 15 is 0 Å². The monoisotopic (exact) mass is 368 g/mol. The Bertz CT molecular complexity index is 795. The lowest BCUT2D eigenvalue weighted by molar-refractivity contribution is 0.684. The Balaban J connectivity index is 1.56. The van der Waals surface area contributed by atoms with Gasteiger partial charge in [-0.15, -0.1) is 11.3 Å². The molecule has 2 heterocycles. The van der Waals surface area contributed by atoms with Crippen LogP contribution >= 0.6 is 11.3 Å². The molecule has 0 spiro atoms. The molecule has 2 aromatic heterocycles. The summed E-state index contributed by atoms with van der Waals surface area (Å²) in [5.74, 6) is 0.853. The van der Waals surface area contributed by atoms with Gasteiger partial charge in [-0.25, -0.2) is 14.7 Å². The molecule has 0 saturated carbocycles. The van der Waals surface area contributed by atoms with Gasteiger partial charge in [-0.3, -0.25) is 0 Å².